The van der Waals surface area contributed by atoms with Crippen molar-refractivity contribution in [2.45, 2.75) is 40.0 Å². The second-order valence-corrected chi connectivity index (χ2v) is 4.23. The van der Waals surface area contributed by atoms with E-state index >= 15 is 0 Å². The Kier molecular flexibility index (Phi) is 6.05. The van der Waals surface area contributed by atoms with Crippen molar-refractivity contribution in [1.82, 2.24) is 9.97 Å². The number of esters is 1. The van der Waals surface area contributed by atoms with Crippen LogP contribution in [0.5, 0.6) is 0 Å². The SMILES string of the molecule is CCCc1nc(N)c(C)c(NCCC(=O)OCC)n1. The molecule has 1 aromatic heterocycles. The minimum Gasteiger partial charge on any atom is -0.466 e. The molecule has 3 N–H and O–H groups in total. The maximum atomic E-state index is 11.2. The van der Waals surface area contributed by atoms with Crippen molar-refractivity contribution in [3.8, 4) is 0 Å². The number of anilines is 2. The number of aromatic nitrogens is 2. The van der Waals surface area contributed by atoms with Crippen molar-refractivity contribution < 1.29 is 9.53 Å². The third-order valence-corrected chi connectivity index (χ3v) is 2.63. The topological polar surface area (TPSA) is 90.1 Å². The van der Waals surface area contributed by atoms with Crippen LogP contribution >= 0.6 is 0 Å². The summed E-state index contributed by atoms with van der Waals surface area (Å²) in [6.07, 6.45) is 2.06. The van der Waals surface area contributed by atoms with Crippen molar-refractivity contribution >= 4 is 17.6 Å². The van der Waals surface area contributed by atoms with E-state index in [0.717, 1.165) is 24.2 Å². The molecule has 0 aromatic carbocycles. The summed E-state index contributed by atoms with van der Waals surface area (Å²) in [6, 6.07) is 0. The number of rotatable bonds is 7. The molecule has 1 heterocycles. The first kappa shape index (κ1) is 15.2. The van der Waals surface area contributed by atoms with Gasteiger partial charge >= 0.3 is 5.97 Å². The van der Waals surface area contributed by atoms with Crippen LogP contribution in [0, 0.1) is 6.92 Å². The van der Waals surface area contributed by atoms with Gasteiger partial charge in [0.25, 0.3) is 0 Å². The van der Waals surface area contributed by atoms with Crippen molar-refractivity contribution in [3.63, 3.8) is 0 Å². The number of nitrogens with two attached hydrogens (primary N) is 1. The molecule has 0 unspecified atom stereocenters. The molecule has 0 aliphatic rings. The summed E-state index contributed by atoms with van der Waals surface area (Å²) in [7, 11) is 0. The molecule has 1 rings (SSSR count). The third kappa shape index (κ3) is 4.73. The number of carbonyl (C=O) groups excluding carboxylic acids is 1. The molecule has 0 amide bonds. The fourth-order valence-electron chi connectivity index (χ4n) is 1.61. The normalized spacial score (nSPS) is 10.3. The molecule has 6 heteroatoms. The van der Waals surface area contributed by atoms with E-state index in [1.54, 1.807) is 6.92 Å². The van der Waals surface area contributed by atoms with Gasteiger partial charge in [-0.2, -0.15) is 0 Å². The lowest BCUT2D eigenvalue weighted by Gasteiger charge is -2.11. The predicted octanol–water partition coefficient (Wildman–Crippen LogP) is 1.68. The summed E-state index contributed by atoms with van der Waals surface area (Å²) in [5, 5.41) is 3.11. The largest absolute Gasteiger partial charge is 0.466 e. The number of nitrogens with one attached hydrogen (secondary N) is 1. The van der Waals surface area contributed by atoms with Gasteiger partial charge in [-0.3, -0.25) is 4.79 Å². The number of ether oxygens (including phenoxy) is 1. The van der Waals surface area contributed by atoms with E-state index in [4.69, 9.17) is 10.5 Å². The molecule has 0 spiro atoms. The second-order valence-electron chi connectivity index (χ2n) is 4.23. The van der Waals surface area contributed by atoms with Crippen LogP contribution in [0.25, 0.3) is 0 Å². The minimum absolute atomic E-state index is 0.219. The Morgan fingerprint density at radius 3 is 2.74 bits per heavy atom. The molecule has 0 aliphatic heterocycles. The summed E-state index contributed by atoms with van der Waals surface area (Å²) in [4.78, 5) is 19.9. The maximum Gasteiger partial charge on any atom is 0.307 e. The Morgan fingerprint density at radius 1 is 1.37 bits per heavy atom. The molecule has 0 bridgehead atoms. The van der Waals surface area contributed by atoms with E-state index in [9.17, 15) is 4.79 Å². The summed E-state index contributed by atoms with van der Waals surface area (Å²) in [5.41, 5.74) is 6.66. The lowest BCUT2D eigenvalue weighted by atomic mass is 10.2. The Bertz CT molecular complexity index is 435. The van der Waals surface area contributed by atoms with Gasteiger partial charge in [-0.1, -0.05) is 6.92 Å². The van der Waals surface area contributed by atoms with Crippen LogP contribution in [-0.2, 0) is 16.0 Å². The zero-order valence-electron chi connectivity index (χ0n) is 11.8. The molecule has 0 saturated heterocycles. The lowest BCUT2D eigenvalue weighted by molar-refractivity contribution is -0.142. The number of hydrogen-bond acceptors (Lipinski definition) is 6. The number of aryl methyl sites for hydroxylation is 1. The van der Waals surface area contributed by atoms with Crippen LogP contribution in [-0.4, -0.2) is 29.1 Å². The van der Waals surface area contributed by atoms with Gasteiger partial charge in [0.05, 0.1) is 13.0 Å². The Hall–Kier alpha value is -1.85. The highest BCUT2D eigenvalue weighted by Gasteiger charge is 2.09. The van der Waals surface area contributed by atoms with E-state index in [-0.39, 0.29) is 5.97 Å². The molecule has 0 radical (unpaired) electrons. The van der Waals surface area contributed by atoms with Gasteiger partial charge in [-0.25, -0.2) is 9.97 Å². The van der Waals surface area contributed by atoms with E-state index in [2.05, 4.69) is 22.2 Å². The molecule has 19 heavy (non-hydrogen) atoms. The molecule has 6 nitrogen and oxygen atoms in total. The zero-order valence-corrected chi connectivity index (χ0v) is 11.8. The molecule has 0 atom stereocenters. The van der Waals surface area contributed by atoms with Gasteiger partial charge in [-0.15, -0.1) is 0 Å². The highest BCUT2D eigenvalue weighted by molar-refractivity contribution is 5.70. The van der Waals surface area contributed by atoms with E-state index in [0.29, 0.717) is 31.2 Å². The van der Waals surface area contributed by atoms with Crippen molar-refractivity contribution in [1.29, 1.82) is 0 Å². The monoisotopic (exact) mass is 266 g/mol. The highest BCUT2D eigenvalue weighted by atomic mass is 16.5. The van der Waals surface area contributed by atoms with Crippen LogP contribution < -0.4 is 11.1 Å². The van der Waals surface area contributed by atoms with Crippen molar-refractivity contribution in [3.05, 3.63) is 11.4 Å². The van der Waals surface area contributed by atoms with Crippen molar-refractivity contribution in [2.24, 2.45) is 0 Å². The fourth-order valence-corrected chi connectivity index (χ4v) is 1.61. The lowest BCUT2D eigenvalue weighted by Crippen LogP contribution is -2.14. The molecular formula is C13H22N4O2. The van der Waals surface area contributed by atoms with Crippen LogP contribution in [0.3, 0.4) is 0 Å². The summed E-state index contributed by atoms with van der Waals surface area (Å²) >= 11 is 0. The Morgan fingerprint density at radius 2 is 2.11 bits per heavy atom. The first-order valence-corrected chi connectivity index (χ1v) is 6.60. The standard InChI is InChI=1S/C13H22N4O2/c1-4-6-10-16-12(14)9(3)13(17-10)15-8-7-11(18)19-5-2/h4-8H2,1-3H3,(H3,14,15,16,17). The van der Waals surface area contributed by atoms with Gasteiger partial charge in [0, 0.05) is 18.5 Å². The average Bonchev–Trinajstić information content (AvgIpc) is 2.35. The second kappa shape index (κ2) is 7.56. The maximum absolute atomic E-state index is 11.2. The Labute approximate surface area is 113 Å². The number of nitrogen functional groups attached to an aromatic ring is 1. The van der Waals surface area contributed by atoms with E-state index in [1.807, 2.05) is 6.92 Å². The van der Waals surface area contributed by atoms with Crippen LogP contribution in [0.1, 0.15) is 38.1 Å². The smallest absolute Gasteiger partial charge is 0.307 e. The van der Waals surface area contributed by atoms with Gasteiger partial charge in [0.2, 0.25) is 0 Å². The summed E-state index contributed by atoms with van der Waals surface area (Å²) < 4.78 is 4.86. The van der Waals surface area contributed by atoms with Crippen LogP contribution in [0.4, 0.5) is 11.6 Å². The number of hydrogen-bond donors (Lipinski definition) is 2. The van der Waals surface area contributed by atoms with Crippen LogP contribution in [0.2, 0.25) is 0 Å². The zero-order chi connectivity index (χ0) is 14.3. The number of nitrogens with zero attached hydrogens (tertiary/aromatic N) is 2. The first-order chi connectivity index (χ1) is 9.08. The molecule has 0 aliphatic carbocycles. The summed E-state index contributed by atoms with van der Waals surface area (Å²) in [5.74, 6) is 1.69. The molecule has 0 fully saturated rings. The quantitative estimate of drug-likeness (QED) is 0.730. The number of carbonyl (C=O) groups is 1. The van der Waals surface area contributed by atoms with Gasteiger partial charge < -0.3 is 15.8 Å². The average molecular weight is 266 g/mol. The van der Waals surface area contributed by atoms with Gasteiger partial charge in [0.1, 0.15) is 17.5 Å². The van der Waals surface area contributed by atoms with Gasteiger partial charge in [-0.05, 0) is 20.3 Å². The molecule has 1 aromatic rings. The summed E-state index contributed by atoms with van der Waals surface area (Å²) in [6.45, 7) is 6.59. The third-order valence-electron chi connectivity index (χ3n) is 2.63. The predicted molar refractivity (Wildman–Crippen MR) is 74.9 cm³/mol. The fraction of sp³-hybridized carbons (Fsp3) is 0.615. The van der Waals surface area contributed by atoms with E-state index < -0.39 is 0 Å². The van der Waals surface area contributed by atoms with E-state index in [1.165, 1.54) is 0 Å². The minimum atomic E-state index is -0.219. The Balaban J connectivity index is 2.64. The van der Waals surface area contributed by atoms with Crippen LogP contribution in [0.15, 0.2) is 0 Å². The van der Waals surface area contributed by atoms with Gasteiger partial charge in [0.15, 0.2) is 0 Å². The molecule has 106 valence electrons. The first-order valence-electron chi connectivity index (χ1n) is 6.60. The van der Waals surface area contributed by atoms with Crippen molar-refractivity contribution in [2.75, 3.05) is 24.2 Å². The molecule has 0 saturated carbocycles. The molecular weight excluding hydrogens is 244 g/mol. The highest BCUT2D eigenvalue weighted by Crippen LogP contribution is 2.17.